The first-order valence-electron chi connectivity index (χ1n) is 7.17. The standard InChI is InChI=1S/C18H21NO/c1-14-18(2,20)13-19(14)17(15-9-5-3-6-10-15)16-11-7-4-8-12-16/h3-12,14,17,20H,13H2,1-2H3. The molecule has 2 aromatic rings. The lowest BCUT2D eigenvalue weighted by molar-refractivity contribution is -0.145. The third-order valence-corrected chi connectivity index (χ3v) is 4.46. The van der Waals surface area contributed by atoms with Gasteiger partial charge >= 0.3 is 0 Å². The van der Waals surface area contributed by atoms with Gasteiger partial charge in [0.2, 0.25) is 0 Å². The van der Waals surface area contributed by atoms with Gasteiger partial charge in [0.1, 0.15) is 0 Å². The van der Waals surface area contributed by atoms with Crippen LogP contribution in [0.15, 0.2) is 60.7 Å². The van der Waals surface area contributed by atoms with Crippen LogP contribution < -0.4 is 0 Å². The van der Waals surface area contributed by atoms with Crippen molar-refractivity contribution in [3.63, 3.8) is 0 Å². The topological polar surface area (TPSA) is 23.5 Å². The van der Waals surface area contributed by atoms with Crippen LogP contribution in [0.3, 0.4) is 0 Å². The van der Waals surface area contributed by atoms with Crippen molar-refractivity contribution < 1.29 is 5.11 Å². The maximum absolute atomic E-state index is 10.3. The molecule has 1 N–H and O–H groups in total. The maximum atomic E-state index is 10.3. The van der Waals surface area contributed by atoms with E-state index in [-0.39, 0.29) is 12.1 Å². The van der Waals surface area contributed by atoms with Crippen molar-refractivity contribution >= 4 is 0 Å². The van der Waals surface area contributed by atoms with Gasteiger partial charge in [0.25, 0.3) is 0 Å². The highest BCUT2D eigenvalue weighted by Crippen LogP contribution is 2.40. The SMILES string of the molecule is CC1N(C(c2ccccc2)c2ccccc2)CC1(C)O. The van der Waals surface area contributed by atoms with Gasteiger partial charge in [0, 0.05) is 12.6 Å². The van der Waals surface area contributed by atoms with Crippen LogP contribution in [0, 0.1) is 0 Å². The van der Waals surface area contributed by atoms with Crippen LogP contribution in [0.4, 0.5) is 0 Å². The van der Waals surface area contributed by atoms with E-state index < -0.39 is 5.60 Å². The molecule has 2 atom stereocenters. The van der Waals surface area contributed by atoms with E-state index in [2.05, 4.69) is 60.4 Å². The van der Waals surface area contributed by atoms with Gasteiger partial charge in [-0.3, -0.25) is 4.90 Å². The Morgan fingerprint density at radius 1 is 1.00 bits per heavy atom. The number of benzene rings is 2. The fourth-order valence-electron chi connectivity index (χ4n) is 3.04. The lowest BCUT2D eigenvalue weighted by Gasteiger charge is -2.54. The maximum Gasteiger partial charge on any atom is 0.0898 e. The second kappa shape index (κ2) is 5.04. The minimum atomic E-state index is -0.582. The fraction of sp³-hybridized carbons (Fsp3) is 0.333. The molecule has 1 aliphatic heterocycles. The van der Waals surface area contributed by atoms with Crippen LogP contribution in [-0.2, 0) is 0 Å². The Morgan fingerprint density at radius 2 is 1.45 bits per heavy atom. The number of hydrogen-bond acceptors (Lipinski definition) is 2. The molecule has 2 nitrogen and oxygen atoms in total. The second-order valence-electron chi connectivity index (χ2n) is 5.93. The molecule has 20 heavy (non-hydrogen) atoms. The summed E-state index contributed by atoms with van der Waals surface area (Å²) in [5.41, 5.74) is 1.98. The zero-order chi connectivity index (χ0) is 14.2. The minimum Gasteiger partial charge on any atom is -0.387 e. The fourth-order valence-corrected chi connectivity index (χ4v) is 3.04. The van der Waals surface area contributed by atoms with E-state index in [0.717, 1.165) is 0 Å². The predicted octanol–water partition coefficient (Wildman–Crippen LogP) is 3.23. The third-order valence-electron chi connectivity index (χ3n) is 4.46. The van der Waals surface area contributed by atoms with Gasteiger partial charge < -0.3 is 5.11 Å². The van der Waals surface area contributed by atoms with Crippen molar-refractivity contribution in [2.24, 2.45) is 0 Å². The number of aliphatic hydroxyl groups is 1. The number of likely N-dealkylation sites (tertiary alicyclic amines) is 1. The monoisotopic (exact) mass is 267 g/mol. The molecule has 0 saturated carbocycles. The Hall–Kier alpha value is -1.64. The highest BCUT2D eigenvalue weighted by atomic mass is 16.3. The van der Waals surface area contributed by atoms with Crippen molar-refractivity contribution in [3.8, 4) is 0 Å². The van der Waals surface area contributed by atoms with E-state index in [0.29, 0.717) is 6.54 Å². The Kier molecular flexibility index (Phi) is 3.36. The lowest BCUT2D eigenvalue weighted by Crippen LogP contribution is -2.67. The van der Waals surface area contributed by atoms with Crippen molar-refractivity contribution in [1.29, 1.82) is 0 Å². The summed E-state index contributed by atoms with van der Waals surface area (Å²) >= 11 is 0. The van der Waals surface area contributed by atoms with Crippen molar-refractivity contribution in [2.75, 3.05) is 6.54 Å². The molecule has 0 aliphatic carbocycles. The molecule has 2 heteroatoms. The van der Waals surface area contributed by atoms with Gasteiger partial charge in [-0.2, -0.15) is 0 Å². The van der Waals surface area contributed by atoms with Crippen LogP contribution in [0.25, 0.3) is 0 Å². The highest BCUT2D eigenvalue weighted by molar-refractivity contribution is 5.33. The first-order chi connectivity index (χ1) is 9.59. The van der Waals surface area contributed by atoms with E-state index in [4.69, 9.17) is 0 Å². The molecule has 2 unspecified atom stereocenters. The molecule has 2 aromatic carbocycles. The Morgan fingerprint density at radius 3 is 1.80 bits per heavy atom. The smallest absolute Gasteiger partial charge is 0.0898 e. The predicted molar refractivity (Wildman–Crippen MR) is 81.5 cm³/mol. The molecule has 1 aliphatic rings. The molecule has 0 radical (unpaired) electrons. The Balaban J connectivity index is 1.98. The quantitative estimate of drug-likeness (QED) is 0.923. The van der Waals surface area contributed by atoms with Crippen LogP contribution in [-0.4, -0.2) is 28.2 Å². The number of hydrogen-bond donors (Lipinski definition) is 1. The van der Waals surface area contributed by atoms with E-state index in [9.17, 15) is 5.11 Å². The molecular weight excluding hydrogens is 246 g/mol. The van der Waals surface area contributed by atoms with E-state index in [1.54, 1.807) is 0 Å². The van der Waals surface area contributed by atoms with E-state index >= 15 is 0 Å². The molecule has 1 heterocycles. The average Bonchev–Trinajstić information content (AvgIpc) is 2.48. The summed E-state index contributed by atoms with van der Waals surface area (Å²) in [6.45, 7) is 4.73. The van der Waals surface area contributed by atoms with E-state index in [1.165, 1.54) is 11.1 Å². The second-order valence-corrected chi connectivity index (χ2v) is 5.93. The largest absolute Gasteiger partial charge is 0.387 e. The van der Waals surface area contributed by atoms with Gasteiger partial charge in [-0.25, -0.2) is 0 Å². The summed E-state index contributed by atoms with van der Waals surface area (Å²) < 4.78 is 0. The summed E-state index contributed by atoms with van der Waals surface area (Å²) in [7, 11) is 0. The summed E-state index contributed by atoms with van der Waals surface area (Å²) in [5, 5.41) is 10.3. The van der Waals surface area contributed by atoms with Crippen LogP contribution in [0.1, 0.15) is 31.0 Å². The zero-order valence-corrected chi connectivity index (χ0v) is 12.0. The van der Waals surface area contributed by atoms with Gasteiger partial charge in [-0.05, 0) is 25.0 Å². The summed E-state index contributed by atoms with van der Waals surface area (Å²) in [6, 6.07) is 21.4. The summed E-state index contributed by atoms with van der Waals surface area (Å²) in [6.07, 6.45) is 0. The molecule has 1 fully saturated rings. The van der Waals surface area contributed by atoms with Crippen molar-refractivity contribution in [1.82, 2.24) is 4.90 Å². The number of β-amino-alcohol motifs (C(OH)–C–C–N with tert-alkyl or cyclic N) is 1. The molecule has 0 spiro atoms. The van der Waals surface area contributed by atoms with Crippen molar-refractivity contribution in [3.05, 3.63) is 71.8 Å². The molecule has 0 bridgehead atoms. The highest BCUT2D eigenvalue weighted by Gasteiger charge is 2.48. The third kappa shape index (κ3) is 2.26. The molecule has 3 rings (SSSR count). The Bertz CT molecular complexity index is 525. The molecule has 0 aromatic heterocycles. The van der Waals surface area contributed by atoms with Gasteiger partial charge in [0.15, 0.2) is 0 Å². The number of rotatable bonds is 3. The lowest BCUT2D eigenvalue weighted by atomic mass is 9.82. The summed E-state index contributed by atoms with van der Waals surface area (Å²) in [4.78, 5) is 2.37. The number of nitrogens with zero attached hydrogens (tertiary/aromatic N) is 1. The van der Waals surface area contributed by atoms with Crippen LogP contribution in [0.2, 0.25) is 0 Å². The van der Waals surface area contributed by atoms with Gasteiger partial charge in [-0.1, -0.05) is 60.7 Å². The first kappa shape index (κ1) is 13.3. The van der Waals surface area contributed by atoms with Gasteiger partial charge in [0.05, 0.1) is 11.6 Å². The van der Waals surface area contributed by atoms with E-state index in [1.807, 2.05) is 19.1 Å². The molecule has 1 saturated heterocycles. The van der Waals surface area contributed by atoms with Gasteiger partial charge in [-0.15, -0.1) is 0 Å². The zero-order valence-electron chi connectivity index (χ0n) is 12.0. The Labute approximate surface area is 120 Å². The van der Waals surface area contributed by atoms with Crippen molar-refractivity contribution in [2.45, 2.75) is 31.5 Å². The average molecular weight is 267 g/mol. The molecule has 0 amide bonds. The van der Waals surface area contributed by atoms with Crippen LogP contribution >= 0.6 is 0 Å². The minimum absolute atomic E-state index is 0.160. The molecule has 104 valence electrons. The normalized spacial score (nSPS) is 26.5. The summed E-state index contributed by atoms with van der Waals surface area (Å²) in [5.74, 6) is 0. The van der Waals surface area contributed by atoms with Crippen LogP contribution in [0.5, 0.6) is 0 Å². The first-order valence-corrected chi connectivity index (χ1v) is 7.17. The molecular formula is C18H21NO.